The number of nitrogens with zero attached hydrogens (tertiary/aromatic N) is 3. The van der Waals surface area contributed by atoms with E-state index in [1.165, 1.54) is 18.2 Å². The van der Waals surface area contributed by atoms with E-state index in [9.17, 15) is 9.50 Å². The monoisotopic (exact) mass is 291 g/mol. The molecule has 1 aromatic heterocycles. The summed E-state index contributed by atoms with van der Waals surface area (Å²) < 4.78 is 21.0. The minimum Gasteiger partial charge on any atom is -0.485 e. The summed E-state index contributed by atoms with van der Waals surface area (Å²) in [5.41, 5.74) is 0.438. The van der Waals surface area contributed by atoms with Gasteiger partial charge < -0.3 is 14.4 Å². The molecule has 0 fully saturated rings. The van der Waals surface area contributed by atoms with Gasteiger partial charge in [-0.2, -0.15) is 0 Å². The number of benzene rings is 1. The van der Waals surface area contributed by atoms with E-state index in [0.717, 1.165) is 37.5 Å². The van der Waals surface area contributed by atoms with Crippen molar-refractivity contribution in [3.63, 3.8) is 0 Å². The number of ether oxygens (including phenoxy) is 1. The van der Waals surface area contributed by atoms with Crippen LogP contribution in [-0.4, -0.2) is 19.9 Å². The van der Waals surface area contributed by atoms with Crippen LogP contribution in [0.2, 0.25) is 0 Å². The van der Waals surface area contributed by atoms with Crippen molar-refractivity contribution in [1.82, 2.24) is 14.8 Å². The summed E-state index contributed by atoms with van der Waals surface area (Å²) in [6.45, 7) is 2.76. The average molecular weight is 291 g/mol. The molecule has 0 radical (unpaired) electrons. The molecule has 112 valence electrons. The first-order valence-corrected chi connectivity index (χ1v) is 7.16. The quantitative estimate of drug-likeness (QED) is 0.939. The highest BCUT2D eigenvalue weighted by atomic mass is 19.1. The Bertz CT molecular complexity index is 640. The summed E-state index contributed by atoms with van der Waals surface area (Å²) >= 11 is 0. The second-order valence-corrected chi connectivity index (χ2v) is 5.29. The van der Waals surface area contributed by atoms with Gasteiger partial charge in [0.05, 0.1) is 6.10 Å². The maximum atomic E-state index is 13.3. The minimum absolute atomic E-state index is 0.262. The Morgan fingerprint density at radius 3 is 3.05 bits per heavy atom. The van der Waals surface area contributed by atoms with Crippen LogP contribution < -0.4 is 4.74 Å². The van der Waals surface area contributed by atoms with Crippen molar-refractivity contribution < 1.29 is 14.2 Å². The van der Waals surface area contributed by atoms with Crippen LogP contribution in [0.4, 0.5) is 4.39 Å². The van der Waals surface area contributed by atoms with Crippen LogP contribution in [0.5, 0.6) is 5.75 Å². The Balaban J connectivity index is 1.77. The normalized spacial score (nSPS) is 15.6. The number of fused-ring (bicyclic) bond motifs is 1. The van der Waals surface area contributed by atoms with Crippen LogP contribution >= 0.6 is 0 Å². The van der Waals surface area contributed by atoms with Crippen LogP contribution in [0.15, 0.2) is 18.2 Å². The van der Waals surface area contributed by atoms with Gasteiger partial charge in [-0.15, -0.1) is 10.2 Å². The van der Waals surface area contributed by atoms with Crippen molar-refractivity contribution in [2.24, 2.45) is 0 Å². The molecular formula is C15H18FN3O2. The third kappa shape index (κ3) is 2.90. The van der Waals surface area contributed by atoms with Gasteiger partial charge in [0.15, 0.2) is 5.82 Å². The SMILES string of the molecule is CC(O)c1cc(F)ccc1OCc1nnc2n1CCCC2. The number of aryl methyl sites for hydroxylation is 1. The third-order valence-electron chi connectivity index (χ3n) is 3.71. The molecule has 0 aliphatic carbocycles. The van der Waals surface area contributed by atoms with E-state index in [-0.39, 0.29) is 6.61 Å². The van der Waals surface area contributed by atoms with E-state index in [0.29, 0.717) is 11.3 Å². The van der Waals surface area contributed by atoms with E-state index in [2.05, 4.69) is 14.8 Å². The number of rotatable bonds is 4. The van der Waals surface area contributed by atoms with E-state index >= 15 is 0 Å². The van der Waals surface area contributed by atoms with Crippen LogP contribution in [-0.2, 0) is 19.6 Å². The molecule has 0 bridgehead atoms. The highest BCUT2D eigenvalue weighted by Crippen LogP contribution is 2.27. The first kappa shape index (κ1) is 14.0. The number of hydrogen-bond donors (Lipinski definition) is 1. The number of aliphatic hydroxyl groups excluding tert-OH is 1. The standard InChI is InChI=1S/C15H18FN3O2/c1-10(20)12-8-11(16)5-6-13(12)21-9-15-18-17-14-4-2-3-7-19(14)15/h5-6,8,10,20H,2-4,7,9H2,1H3. The van der Waals surface area contributed by atoms with Crippen LogP contribution in [0.1, 0.15) is 43.1 Å². The Hall–Kier alpha value is -1.95. The molecule has 1 unspecified atom stereocenters. The van der Waals surface area contributed by atoms with Crippen LogP contribution in [0.3, 0.4) is 0 Å². The third-order valence-corrected chi connectivity index (χ3v) is 3.71. The Morgan fingerprint density at radius 1 is 1.38 bits per heavy atom. The molecule has 0 amide bonds. The average Bonchev–Trinajstić information content (AvgIpc) is 2.89. The van der Waals surface area contributed by atoms with Crippen molar-refractivity contribution in [2.45, 2.75) is 45.4 Å². The molecule has 1 N–H and O–H groups in total. The lowest BCUT2D eigenvalue weighted by Gasteiger charge is -2.16. The molecular weight excluding hydrogens is 273 g/mol. The maximum absolute atomic E-state index is 13.3. The van der Waals surface area contributed by atoms with Gasteiger partial charge in [0.25, 0.3) is 0 Å². The van der Waals surface area contributed by atoms with Crippen molar-refractivity contribution >= 4 is 0 Å². The number of aromatic nitrogens is 3. The molecule has 1 aromatic carbocycles. The molecule has 2 aromatic rings. The summed E-state index contributed by atoms with van der Waals surface area (Å²) in [7, 11) is 0. The first-order chi connectivity index (χ1) is 10.1. The predicted molar refractivity (Wildman–Crippen MR) is 74.3 cm³/mol. The Labute approximate surface area is 122 Å². The van der Waals surface area contributed by atoms with Crippen molar-refractivity contribution in [3.05, 3.63) is 41.2 Å². The van der Waals surface area contributed by atoms with Crippen LogP contribution in [0, 0.1) is 5.82 Å². The lowest BCUT2D eigenvalue weighted by molar-refractivity contribution is 0.188. The first-order valence-electron chi connectivity index (χ1n) is 7.16. The van der Waals surface area contributed by atoms with Gasteiger partial charge >= 0.3 is 0 Å². The summed E-state index contributed by atoms with van der Waals surface area (Å²) in [5.74, 6) is 1.85. The highest BCUT2D eigenvalue weighted by molar-refractivity contribution is 5.35. The lowest BCUT2D eigenvalue weighted by Crippen LogP contribution is -2.14. The summed E-state index contributed by atoms with van der Waals surface area (Å²) in [4.78, 5) is 0. The molecule has 0 spiro atoms. The number of halogens is 1. The van der Waals surface area contributed by atoms with Gasteiger partial charge in [0.1, 0.15) is 24.0 Å². The van der Waals surface area contributed by atoms with Gasteiger partial charge in [0.2, 0.25) is 0 Å². The smallest absolute Gasteiger partial charge is 0.171 e. The predicted octanol–water partition coefficient (Wildman–Crippen LogP) is 2.39. The maximum Gasteiger partial charge on any atom is 0.171 e. The molecule has 6 heteroatoms. The van der Waals surface area contributed by atoms with Crippen LogP contribution in [0.25, 0.3) is 0 Å². The molecule has 2 heterocycles. The van der Waals surface area contributed by atoms with E-state index in [1.807, 2.05) is 0 Å². The molecule has 0 saturated heterocycles. The highest BCUT2D eigenvalue weighted by Gasteiger charge is 2.17. The second-order valence-electron chi connectivity index (χ2n) is 5.29. The summed E-state index contributed by atoms with van der Waals surface area (Å²) in [5, 5.41) is 18.0. The largest absolute Gasteiger partial charge is 0.485 e. The van der Waals surface area contributed by atoms with Crippen molar-refractivity contribution in [1.29, 1.82) is 0 Å². The lowest BCUT2D eigenvalue weighted by atomic mass is 10.1. The molecule has 3 rings (SSSR count). The van der Waals surface area contributed by atoms with Gasteiger partial charge in [-0.25, -0.2) is 4.39 Å². The number of hydrogen-bond acceptors (Lipinski definition) is 4. The van der Waals surface area contributed by atoms with Gasteiger partial charge in [-0.3, -0.25) is 0 Å². The zero-order chi connectivity index (χ0) is 14.8. The minimum atomic E-state index is -0.789. The topological polar surface area (TPSA) is 60.2 Å². The Morgan fingerprint density at radius 2 is 2.24 bits per heavy atom. The second kappa shape index (κ2) is 5.81. The van der Waals surface area contributed by atoms with E-state index in [1.54, 1.807) is 6.92 Å². The molecule has 21 heavy (non-hydrogen) atoms. The molecule has 1 aliphatic rings. The molecule has 0 saturated carbocycles. The fraction of sp³-hybridized carbons (Fsp3) is 0.467. The summed E-state index contributed by atoms with van der Waals surface area (Å²) in [6, 6.07) is 4.14. The van der Waals surface area contributed by atoms with Crippen molar-refractivity contribution in [2.75, 3.05) is 0 Å². The molecule has 5 nitrogen and oxygen atoms in total. The van der Waals surface area contributed by atoms with Gasteiger partial charge in [-0.05, 0) is 38.0 Å². The fourth-order valence-electron chi connectivity index (χ4n) is 2.59. The van der Waals surface area contributed by atoms with Crippen molar-refractivity contribution in [3.8, 4) is 5.75 Å². The fourth-order valence-corrected chi connectivity index (χ4v) is 2.59. The summed E-state index contributed by atoms with van der Waals surface area (Å²) in [6.07, 6.45) is 2.42. The molecule has 1 atom stereocenters. The zero-order valence-corrected chi connectivity index (χ0v) is 11.9. The zero-order valence-electron chi connectivity index (χ0n) is 11.9. The van der Waals surface area contributed by atoms with Gasteiger partial charge in [-0.1, -0.05) is 0 Å². The van der Waals surface area contributed by atoms with Gasteiger partial charge in [0, 0.05) is 18.5 Å². The number of aliphatic hydroxyl groups is 1. The Kier molecular flexibility index (Phi) is 3.88. The van der Waals surface area contributed by atoms with E-state index < -0.39 is 11.9 Å². The van der Waals surface area contributed by atoms with E-state index in [4.69, 9.17) is 4.74 Å². The molecule has 1 aliphatic heterocycles.